The number of thiazole rings is 1. The summed E-state index contributed by atoms with van der Waals surface area (Å²) in [7, 11) is 0. The predicted molar refractivity (Wildman–Crippen MR) is 75.1 cm³/mol. The first-order chi connectivity index (χ1) is 7.61. The molecule has 2 nitrogen and oxygen atoms in total. The average molecular weight is 258 g/mol. The summed E-state index contributed by atoms with van der Waals surface area (Å²) in [5.41, 5.74) is 1.18. The number of nitrogens with zero attached hydrogens (tertiary/aromatic N) is 1. The molecule has 1 atom stereocenters. The lowest BCUT2D eigenvalue weighted by Crippen LogP contribution is -2.24. The van der Waals surface area contributed by atoms with Gasteiger partial charge in [-0.15, -0.1) is 11.3 Å². The molecule has 0 radical (unpaired) electrons. The van der Waals surface area contributed by atoms with E-state index in [1.54, 1.807) is 11.3 Å². The number of nitrogens with one attached hydrogen (secondary N) is 1. The third kappa shape index (κ3) is 5.32. The first kappa shape index (κ1) is 14.0. The van der Waals surface area contributed by atoms with Crippen molar-refractivity contribution in [2.24, 2.45) is 0 Å². The molecule has 0 spiro atoms. The minimum atomic E-state index is 0.579. The fourth-order valence-electron chi connectivity index (χ4n) is 1.16. The van der Waals surface area contributed by atoms with Crippen LogP contribution < -0.4 is 5.32 Å². The van der Waals surface area contributed by atoms with Crippen LogP contribution in [0.25, 0.3) is 0 Å². The Morgan fingerprint density at radius 3 is 2.81 bits per heavy atom. The zero-order chi connectivity index (χ0) is 12.0. The molecule has 0 aliphatic carbocycles. The second kappa shape index (κ2) is 7.30. The summed E-state index contributed by atoms with van der Waals surface area (Å²) in [6.07, 6.45) is 1.17. The van der Waals surface area contributed by atoms with E-state index < -0.39 is 0 Å². The molecular weight excluding hydrogens is 236 g/mol. The lowest BCUT2D eigenvalue weighted by Gasteiger charge is -2.08. The van der Waals surface area contributed by atoms with Crippen molar-refractivity contribution in [3.05, 3.63) is 16.1 Å². The summed E-state index contributed by atoms with van der Waals surface area (Å²) in [6.45, 7) is 9.76. The lowest BCUT2D eigenvalue weighted by molar-refractivity contribution is 0.530. The maximum atomic E-state index is 4.62. The Morgan fingerprint density at radius 2 is 2.19 bits per heavy atom. The van der Waals surface area contributed by atoms with E-state index in [1.165, 1.54) is 17.1 Å². The highest BCUT2D eigenvalue weighted by atomic mass is 32.2. The molecule has 1 heterocycles. The van der Waals surface area contributed by atoms with Gasteiger partial charge in [-0.2, -0.15) is 11.8 Å². The zero-order valence-electron chi connectivity index (χ0n) is 10.6. The molecule has 0 fully saturated rings. The number of rotatable bonds is 7. The third-order valence-electron chi connectivity index (χ3n) is 2.38. The van der Waals surface area contributed by atoms with E-state index >= 15 is 0 Å². The van der Waals surface area contributed by atoms with Crippen molar-refractivity contribution in [3.63, 3.8) is 0 Å². The maximum absolute atomic E-state index is 4.62. The predicted octanol–water partition coefficient (Wildman–Crippen LogP) is 3.67. The van der Waals surface area contributed by atoms with Crippen molar-refractivity contribution in [2.75, 3.05) is 0 Å². The molecular formula is C12H22N2S2. The van der Waals surface area contributed by atoms with E-state index in [9.17, 15) is 0 Å². The van der Waals surface area contributed by atoms with Crippen molar-refractivity contribution >= 4 is 23.1 Å². The standard InChI is InChI=1S/C12H22N2S2/c1-5-10(4)13-6-11-7-16-12(14-11)8-15-9(2)3/h7,9-10,13H,5-6,8H2,1-4H3. The zero-order valence-corrected chi connectivity index (χ0v) is 12.3. The van der Waals surface area contributed by atoms with Gasteiger partial charge in [0.1, 0.15) is 5.01 Å². The SMILES string of the molecule is CCC(C)NCc1csc(CSC(C)C)n1. The normalized spacial score (nSPS) is 13.3. The van der Waals surface area contributed by atoms with Gasteiger partial charge in [0, 0.05) is 23.7 Å². The van der Waals surface area contributed by atoms with Crippen LogP contribution in [-0.4, -0.2) is 16.3 Å². The van der Waals surface area contributed by atoms with Crippen LogP contribution in [0.3, 0.4) is 0 Å². The number of hydrogen-bond acceptors (Lipinski definition) is 4. The molecule has 0 aliphatic heterocycles. The van der Waals surface area contributed by atoms with Crippen LogP contribution in [-0.2, 0) is 12.3 Å². The summed E-state index contributed by atoms with van der Waals surface area (Å²) in [6, 6.07) is 0.579. The highest BCUT2D eigenvalue weighted by molar-refractivity contribution is 7.99. The van der Waals surface area contributed by atoms with Crippen LogP contribution in [0.5, 0.6) is 0 Å². The molecule has 1 rings (SSSR count). The van der Waals surface area contributed by atoms with E-state index in [-0.39, 0.29) is 0 Å². The van der Waals surface area contributed by atoms with Gasteiger partial charge in [0.25, 0.3) is 0 Å². The van der Waals surface area contributed by atoms with Gasteiger partial charge in [0.2, 0.25) is 0 Å². The quantitative estimate of drug-likeness (QED) is 0.807. The first-order valence-electron chi connectivity index (χ1n) is 5.90. The molecule has 0 aliphatic rings. The van der Waals surface area contributed by atoms with Gasteiger partial charge in [-0.05, 0) is 18.6 Å². The maximum Gasteiger partial charge on any atom is 0.103 e. The monoisotopic (exact) mass is 258 g/mol. The smallest absolute Gasteiger partial charge is 0.103 e. The van der Waals surface area contributed by atoms with E-state index in [2.05, 4.69) is 43.4 Å². The van der Waals surface area contributed by atoms with E-state index in [4.69, 9.17) is 0 Å². The third-order valence-corrected chi connectivity index (χ3v) is 4.57. The van der Waals surface area contributed by atoms with Crippen molar-refractivity contribution < 1.29 is 0 Å². The van der Waals surface area contributed by atoms with Gasteiger partial charge >= 0.3 is 0 Å². The van der Waals surface area contributed by atoms with E-state index in [1.807, 2.05) is 11.8 Å². The van der Waals surface area contributed by atoms with Gasteiger partial charge in [0.05, 0.1) is 5.69 Å². The van der Waals surface area contributed by atoms with Gasteiger partial charge in [-0.3, -0.25) is 0 Å². The van der Waals surface area contributed by atoms with Crippen molar-refractivity contribution in [3.8, 4) is 0 Å². The minimum Gasteiger partial charge on any atom is -0.309 e. The highest BCUT2D eigenvalue weighted by Gasteiger charge is 2.04. The molecule has 0 bridgehead atoms. The topological polar surface area (TPSA) is 24.9 Å². The Kier molecular flexibility index (Phi) is 6.39. The summed E-state index contributed by atoms with van der Waals surface area (Å²) in [5.74, 6) is 1.05. The highest BCUT2D eigenvalue weighted by Crippen LogP contribution is 2.20. The lowest BCUT2D eigenvalue weighted by atomic mass is 10.2. The summed E-state index contributed by atoms with van der Waals surface area (Å²) >= 11 is 3.73. The molecule has 4 heteroatoms. The van der Waals surface area contributed by atoms with Crippen LogP contribution >= 0.6 is 23.1 Å². The second-order valence-electron chi connectivity index (χ2n) is 4.28. The first-order valence-corrected chi connectivity index (χ1v) is 7.83. The second-order valence-corrected chi connectivity index (χ2v) is 6.79. The molecule has 92 valence electrons. The number of aromatic nitrogens is 1. The molecule has 0 saturated carbocycles. The van der Waals surface area contributed by atoms with Crippen molar-refractivity contribution in [1.82, 2.24) is 10.3 Å². The molecule has 1 aromatic rings. The molecule has 0 aromatic carbocycles. The average Bonchev–Trinajstić information content (AvgIpc) is 2.71. The van der Waals surface area contributed by atoms with Gasteiger partial charge in [-0.1, -0.05) is 20.8 Å². The Morgan fingerprint density at radius 1 is 1.44 bits per heavy atom. The van der Waals surface area contributed by atoms with Gasteiger partial charge < -0.3 is 5.32 Å². The van der Waals surface area contributed by atoms with E-state index in [0.29, 0.717) is 11.3 Å². The minimum absolute atomic E-state index is 0.579. The Hall–Kier alpha value is -0.0600. The number of thioether (sulfide) groups is 1. The Labute approximate surface area is 107 Å². The van der Waals surface area contributed by atoms with Gasteiger partial charge in [0.15, 0.2) is 0 Å². The molecule has 16 heavy (non-hydrogen) atoms. The fraction of sp³-hybridized carbons (Fsp3) is 0.750. The van der Waals surface area contributed by atoms with Crippen molar-refractivity contribution in [1.29, 1.82) is 0 Å². The number of hydrogen-bond donors (Lipinski definition) is 1. The van der Waals surface area contributed by atoms with Crippen LogP contribution in [0.1, 0.15) is 44.8 Å². The van der Waals surface area contributed by atoms with Crippen LogP contribution in [0, 0.1) is 0 Å². The molecule has 0 amide bonds. The molecule has 1 N–H and O–H groups in total. The van der Waals surface area contributed by atoms with Crippen LogP contribution in [0.2, 0.25) is 0 Å². The summed E-state index contributed by atoms with van der Waals surface area (Å²) in [5, 5.41) is 7.57. The summed E-state index contributed by atoms with van der Waals surface area (Å²) in [4.78, 5) is 4.62. The van der Waals surface area contributed by atoms with E-state index in [0.717, 1.165) is 12.3 Å². The van der Waals surface area contributed by atoms with Crippen LogP contribution in [0.15, 0.2) is 5.38 Å². The molecule has 0 saturated heterocycles. The Bertz CT molecular complexity index is 297. The Balaban J connectivity index is 2.33. The van der Waals surface area contributed by atoms with Crippen molar-refractivity contribution in [2.45, 2.75) is 57.7 Å². The molecule has 1 unspecified atom stereocenters. The molecule has 1 aromatic heterocycles. The summed E-state index contributed by atoms with van der Waals surface area (Å²) < 4.78 is 0. The fourth-order valence-corrected chi connectivity index (χ4v) is 2.75. The van der Waals surface area contributed by atoms with Crippen LogP contribution in [0.4, 0.5) is 0 Å². The van der Waals surface area contributed by atoms with Gasteiger partial charge in [-0.25, -0.2) is 4.98 Å². The largest absolute Gasteiger partial charge is 0.309 e.